The van der Waals surface area contributed by atoms with Crippen molar-refractivity contribution in [2.75, 3.05) is 11.4 Å². The number of aliphatic carboxylic acids is 1. The minimum Gasteiger partial charge on any atom is -0.481 e. The maximum atomic E-state index is 11.0. The Labute approximate surface area is 111 Å². The molecule has 0 saturated heterocycles. The first-order chi connectivity index (χ1) is 8.50. The molecular formula is C13H15NO3S. The van der Waals surface area contributed by atoms with E-state index in [9.17, 15) is 4.79 Å². The van der Waals surface area contributed by atoms with E-state index in [4.69, 9.17) is 22.1 Å². The number of carboxylic acids is 1. The van der Waals surface area contributed by atoms with Crippen LogP contribution in [0.4, 0.5) is 5.69 Å². The second kappa shape index (κ2) is 4.94. The number of benzene rings is 1. The zero-order valence-electron chi connectivity index (χ0n) is 10.3. The molecular weight excluding hydrogens is 250 g/mol. The lowest BCUT2D eigenvalue weighted by Crippen LogP contribution is -2.48. The average Bonchev–Trinajstić information content (AvgIpc) is 2.31. The van der Waals surface area contributed by atoms with Gasteiger partial charge in [0, 0.05) is 0 Å². The van der Waals surface area contributed by atoms with Gasteiger partial charge in [-0.1, -0.05) is 38.2 Å². The molecule has 0 saturated carbocycles. The molecule has 96 valence electrons. The molecule has 1 aromatic rings. The summed E-state index contributed by atoms with van der Waals surface area (Å²) in [5.41, 5.74) is 0.724. The number of hydrogen-bond donors (Lipinski definition) is 1. The molecule has 1 aliphatic rings. The van der Waals surface area contributed by atoms with Gasteiger partial charge in [-0.15, -0.1) is 0 Å². The van der Waals surface area contributed by atoms with E-state index < -0.39 is 5.97 Å². The van der Waals surface area contributed by atoms with Gasteiger partial charge in [0.1, 0.15) is 17.3 Å². The standard InChI is InChI=1S/C13H15NO3S/c1-8(2)12-13(18)14(7-11(15)16)9-5-3-4-6-10(9)17-12/h3-6,8,12H,7H2,1-2H3,(H,15,16). The molecule has 5 heteroatoms. The minimum absolute atomic E-state index is 0.136. The average molecular weight is 265 g/mol. The number of anilines is 1. The van der Waals surface area contributed by atoms with E-state index in [0.717, 1.165) is 5.69 Å². The van der Waals surface area contributed by atoms with Crippen LogP contribution in [0.3, 0.4) is 0 Å². The maximum absolute atomic E-state index is 11.0. The molecule has 0 aromatic heterocycles. The number of para-hydroxylation sites is 2. The number of ether oxygens (including phenoxy) is 1. The summed E-state index contributed by atoms with van der Waals surface area (Å²) in [4.78, 5) is 13.1. The lowest BCUT2D eigenvalue weighted by atomic mass is 10.0. The molecule has 1 atom stereocenters. The Balaban J connectivity index is 2.42. The Morgan fingerprint density at radius 1 is 1.50 bits per heavy atom. The van der Waals surface area contributed by atoms with Crippen molar-refractivity contribution < 1.29 is 14.6 Å². The number of nitrogens with zero attached hydrogens (tertiary/aromatic N) is 1. The van der Waals surface area contributed by atoms with Crippen LogP contribution in [0.25, 0.3) is 0 Å². The van der Waals surface area contributed by atoms with Crippen LogP contribution in [0, 0.1) is 5.92 Å². The third-order valence-electron chi connectivity index (χ3n) is 2.82. The smallest absolute Gasteiger partial charge is 0.323 e. The Hall–Kier alpha value is -1.62. The quantitative estimate of drug-likeness (QED) is 0.850. The van der Waals surface area contributed by atoms with Crippen LogP contribution in [0.5, 0.6) is 5.75 Å². The summed E-state index contributed by atoms with van der Waals surface area (Å²) >= 11 is 5.36. The maximum Gasteiger partial charge on any atom is 0.323 e. The molecule has 0 spiro atoms. The van der Waals surface area contributed by atoms with Gasteiger partial charge in [-0.3, -0.25) is 4.79 Å². The van der Waals surface area contributed by atoms with Gasteiger partial charge < -0.3 is 14.7 Å². The zero-order chi connectivity index (χ0) is 13.3. The van der Waals surface area contributed by atoms with Crippen molar-refractivity contribution in [1.82, 2.24) is 0 Å². The van der Waals surface area contributed by atoms with Crippen LogP contribution < -0.4 is 9.64 Å². The van der Waals surface area contributed by atoms with E-state index in [1.807, 2.05) is 38.1 Å². The molecule has 2 rings (SSSR count). The molecule has 0 amide bonds. The fourth-order valence-electron chi connectivity index (χ4n) is 1.96. The first kappa shape index (κ1) is 12.8. The van der Waals surface area contributed by atoms with Crippen LogP contribution >= 0.6 is 12.2 Å². The van der Waals surface area contributed by atoms with E-state index in [0.29, 0.717) is 10.7 Å². The van der Waals surface area contributed by atoms with E-state index in [2.05, 4.69) is 0 Å². The van der Waals surface area contributed by atoms with Crippen LogP contribution in [0.2, 0.25) is 0 Å². The summed E-state index contributed by atoms with van der Waals surface area (Å²) in [6, 6.07) is 7.36. The van der Waals surface area contributed by atoms with Crippen molar-refractivity contribution in [3.05, 3.63) is 24.3 Å². The van der Waals surface area contributed by atoms with Crippen molar-refractivity contribution in [2.24, 2.45) is 5.92 Å². The minimum atomic E-state index is -0.906. The Morgan fingerprint density at radius 2 is 2.17 bits per heavy atom. The van der Waals surface area contributed by atoms with Crippen LogP contribution in [0.15, 0.2) is 24.3 Å². The van der Waals surface area contributed by atoms with Crippen LogP contribution in [-0.4, -0.2) is 28.7 Å². The molecule has 4 nitrogen and oxygen atoms in total. The largest absolute Gasteiger partial charge is 0.481 e. The van der Waals surface area contributed by atoms with Gasteiger partial charge in [0.05, 0.1) is 5.69 Å². The fraction of sp³-hybridized carbons (Fsp3) is 0.385. The van der Waals surface area contributed by atoms with Crippen molar-refractivity contribution in [3.63, 3.8) is 0 Å². The first-order valence-corrected chi connectivity index (χ1v) is 6.20. The van der Waals surface area contributed by atoms with Gasteiger partial charge in [0.2, 0.25) is 0 Å². The van der Waals surface area contributed by atoms with Crippen molar-refractivity contribution in [3.8, 4) is 5.75 Å². The predicted octanol–water partition coefficient (Wildman–Crippen LogP) is 2.32. The van der Waals surface area contributed by atoms with Gasteiger partial charge in [0.15, 0.2) is 6.10 Å². The lowest BCUT2D eigenvalue weighted by molar-refractivity contribution is -0.135. The third kappa shape index (κ3) is 2.31. The van der Waals surface area contributed by atoms with Crippen LogP contribution in [-0.2, 0) is 4.79 Å². The van der Waals surface area contributed by atoms with Crippen LogP contribution in [0.1, 0.15) is 13.8 Å². The molecule has 0 radical (unpaired) electrons. The van der Waals surface area contributed by atoms with Crippen molar-refractivity contribution in [1.29, 1.82) is 0 Å². The monoisotopic (exact) mass is 265 g/mol. The molecule has 1 aromatic carbocycles. The van der Waals surface area contributed by atoms with Gasteiger partial charge >= 0.3 is 5.97 Å². The van der Waals surface area contributed by atoms with Gasteiger partial charge in [-0.25, -0.2) is 0 Å². The van der Waals surface area contributed by atoms with E-state index >= 15 is 0 Å². The number of hydrogen-bond acceptors (Lipinski definition) is 3. The Morgan fingerprint density at radius 3 is 2.78 bits per heavy atom. The van der Waals surface area contributed by atoms with Gasteiger partial charge in [-0.2, -0.15) is 0 Å². The lowest BCUT2D eigenvalue weighted by Gasteiger charge is -2.37. The number of thiocarbonyl (C=S) groups is 1. The van der Waals surface area contributed by atoms with E-state index in [-0.39, 0.29) is 18.6 Å². The summed E-state index contributed by atoms with van der Waals surface area (Å²) in [6.07, 6.45) is -0.255. The normalized spacial score (nSPS) is 18.5. The molecule has 0 fully saturated rings. The fourth-order valence-corrected chi connectivity index (χ4v) is 2.44. The highest BCUT2D eigenvalue weighted by Gasteiger charge is 2.33. The second-order valence-corrected chi connectivity index (χ2v) is 4.99. The predicted molar refractivity (Wildman–Crippen MR) is 73.3 cm³/mol. The highest BCUT2D eigenvalue weighted by molar-refractivity contribution is 7.80. The topological polar surface area (TPSA) is 49.8 Å². The molecule has 1 N–H and O–H groups in total. The van der Waals surface area contributed by atoms with E-state index in [1.54, 1.807) is 4.90 Å². The third-order valence-corrected chi connectivity index (χ3v) is 3.27. The molecule has 1 heterocycles. The molecule has 1 aliphatic heterocycles. The molecule has 0 aliphatic carbocycles. The summed E-state index contributed by atoms with van der Waals surface area (Å²) in [7, 11) is 0. The highest BCUT2D eigenvalue weighted by atomic mass is 32.1. The zero-order valence-corrected chi connectivity index (χ0v) is 11.1. The van der Waals surface area contributed by atoms with Crippen molar-refractivity contribution in [2.45, 2.75) is 20.0 Å². The highest BCUT2D eigenvalue weighted by Crippen LogP contribution is 2.35. The molecule has 1 unspecified atom stereocenters. The number of fused-ring (bicyclic) bond motifs is 1. The molecule has 0 bridgehead atoms. The SMILES string of the molecule is CC(C)C1Oc2ccccc2N(CC(=O)O)C1=S. The van der Waals surface area contributed by atoms with Gasteiger partial charge in [0.25, 0.3) is 0 Å². The van der Waals surface area contributed by atoms with Gasteiger partial charge in [-0.05, 0) is 18.1 Å². The second-order valence-electron chi connectivity index (χ2n) is 4.57. The molecule has 18 heavy (non-hydrogen) atoms. The first-order valence-electron chi connectivity index (χ1n) is 5.79. The summed E-state index contributed by atoms with van der Waals surface area (Å²) in [5.74, 6) is -0.0234. The number of carbonyl (C=O) groups is 1. The summed E-state index contributed by atoms with van der Waals surface area (Å²) < 4.78 is 5.84. The summed E-state index contributed by atoms with van der Waals surface area (Å²) in [6.45, 7) is 3.87. The number of carboxylic acid groups (broad SMARTS) is 1. The summed E-state index contributed by atoms with van der Waals surface area (Å²) in [5, 5.41) is 8.99. The Bertz CT molecular complexity index is 487. The number of rotatable bonds is 3. The Kier molecular flexibility index (Phi) is 3.52. The van der Waals surface area contributed by atoms with E-state index in [1.165, 1.54) is 0 Å². The van der Waals surface area contributed by atoms with Crippen molar-refractivity contribution >= 4 is 28.9 Å².